The molecule has 3 N–H and O–H groups in total. The molecule has 0 aliphatic carbocycles. The molecule has 0 aliphatic rings. The molecule has 6 nitrogen and oxygen atoms in total. The Balaban J connectivity index is 1.66. The number of aliphatic imine (C=N–C) groups is 1. The largest absolute Gasteiger partial charge is 0.497 e. The Morgan fingerprint density at radius 2 is 1.89 bits per heavy atom. The monoisotopic (exact) mass is 378 g/mol. The number of guanidine groups is 1. The average Bonchev–Trinajstić information content (AvgIpc) is 2.75. The molecule has 0 fully saturated rings. The Morgan fingerprint density at radius 1 is 1.11 bits per heavy atom. The van der Waals surface area contributed by atoms with Crippen LogP contribution in [-0.2, 0) is 6.54 Å². The van der Waals surface area contributed by atoms with E-state index in [-0.39, 0.29) is 0 Å². The first-order chi connectivity index (χ1) is 13.7. The molecule has 0 radical (unpaired) electrons. The van der Waals surface area contributed by atoms with Gasteiger partial charge in [0.25, 0.3) is 0 Å². The third-order valence-electron chi connectivity index (χ3n) is 4.45. The Morgan fingerprint density at radius 3 is 2.64 bits per heavy atom. The van der Waals surface area contributed by atoms with E-state index in [1.54, 1.807) is 13.3 Å². The smallest absolute Gasteiger partial charge is 0.191 e. The van der Waals surface area contributed by atoms with Crippen molar-refractivity contribution in [3.8, 4) is 5.75 Å². The van der Waals surface area contributed by atoms with Crippen LogP contribution in [0, 0.1) is 0 Å². The number of fused-ring (bicyclic) bond motifs is 1. The van der Waals surface area contributed by atoms with E-state index in [2.05, 4.69) is 26.7 Å². The quantitative estimate of drug-likeness (QED) is 0.435. The van der Waals surface area contributed by atoms with Crippen molar-refractivity contribution in [2.45, 2.75) is 19.6 Å². The topological polar surface area (TPSA) is 78.8 Å². The standard InChI is InChI=1S/C22H26N4O2/c1-3-23-22(26-15-21(27)16-8-10-18(28-2)11-9-16)25-14-17-12-13-24-20-7-5-4-6-19(17)20/h4-13,21,27H,3,14-15H2,1-2H3,(H2,23,25,26). The van der Waals surface area contributed by atoms with Crippen LogP contribution in [0.2, 0.25) is 0 Å². The highest BCUT2D eigenvalue weighted by atomic mass is 16.5. The Kier molecular flexibility index (Phi) is 6.81. The molecule has 6 heteroatoms. The molecule has 0 bridgehead atoms. The lowest BCUT2D eigenvalue weighted by Gasteiger charge is -2.16. The number of hydrogen-bond acceptors (Lipinski definition) is 4. The Labute approximate surface area is 165 Å². The summed E-state index contributed by atoms with van der Waals surface area (Å²) in [5.74, 6) is 1.43. The fourth-order valence-corrected chi connectivity index (χ4v) is 2.94. The second-order valence-electron chi connectivity index (χ2n) is 6.35. The summed E-state index contributed by atoms with van der Waals surface area (Å²) in [5.41, 5.74) is 2.89. The van der Waals surface area contributed by atoms with Crippen LogP contribution in [0.3, 0.4) is 0 Å². The van der Waals surface area contributed by atoms with Crippen molar-refractivity contribution < 1.29 is 9.84 Å². The molecule has 3 aromatic rings. The van der Waals surface area contributed by atoms with Gasteiger partial charge in [-0.05, 0) is 42.3 Å². The van der Waals surface area contributed by atoms with Crippen LogP contribution in [0.5, 0.6) is 5.75 Å². The molecular formula is C22H26N4O2. The maximum atomic E-state index is 10.4. The van der Waals surface area contributed by atoms with Gasteiger partial charge in [-0.3, -0.25) is 4.98 Å². The number of aromatic nitrogens is 1. The number of pyridine rings is 1. The lowest BCUT2D eigenvalue weighted by atomic mass is 10.1. The molecule has 0 saturated carbocycles. The first-order valence-corrected chi connectivity index (χ1v) is 9.38. The summed E-state index contributed by atoms with van der Waals surface area (Å²) in [5, 5.41) is 18.0. The van der Waals surface area contributed by atoms with E-state index in [0.717, 1.165) is 34.3 Å². The van der Waals surface area contributed by atoms with Crippen LogP contribution >= 0.6 is 0 Å². The first-order valence-electron chi connectivity index (χ1n) is 9.38. The van der Waals surface area contributed by atoms with Gasteiger partial charge in [0, 0.05) is 24.7 Å². The molecule has 3 rings (SSSR count). The van der Waals surface area contributed by atoms with Crippen LogP contribution in [-0.4, -0.2) is 36.2 Å². The summed E-state index contributed by atoms with van der Waals surface area (Å²) in [4.78, 5) is 9.05. The van der Waals surface area contributed by atoms with E-state index in [1.165, 1.54) is 0 Å². The van der Waals surface area contributed by atoms with Gasteiger partial charge >= 0.3 is 0 Å². The van der Waals surface area contributed by atoms with E-state index in [0.29, 0.717) is 19.0 Å². The summed E-state index contributed by atoms with van der Waals surface area (Å²) >= 11 is 0. The zero-order valence-corrected chi connectivity index (χ0v) is 16.2. The minimum absolute atomic E-state index is 0.356. The van der Waals surface area contributed by atoms with Gasteiger partial charge in [-0.2, -0.15) is 0 Å². The maximum absolute atomic E-state index is 10.4. The highest BCUT2D eigenvalue weighted by Gasteiger charge is 2.09. The molecule has 1 heterocycles. The highest BCUT2D eigenvalue weighted by molar-refractivity contribution is 5.83. The van der Waals surface area contributed by atoms with Gasteiger partial charge in [0.2, 0.25) is 0 Å². The van der Waals surface area contributed by atoms with Crippen LogP contribution in [0.25, 0.3) is 10.9 Å². The number of aliphatic hydroxyl groups excluding tert-OH is 1. The SMILES string of the molecule is CCNC(=NCc1ccnc2ccccc12)NCC(O)c1ccc(OC)cc1. The number of methoxy groups -OCH3 is 1. The number of nitrogens with zero attached hydrogens (tertiary/aromatic N) is 2. The molecule has 146 valence electrons. The minimum Gasteiger partial charge on any atom is -0.497 e. The summed E-state index contributed by atoms with van der Waals surface area (Å²) < 4.78 is 5.15. The fourth-order valence-electron chi connectivity index (χ4n) is 2.94. The zero-order chi connectivity index (χ0) is 19.8. The molecule has 0 aliphatic heterocycles. The van der Waals surface area contributed by atoms with Crippen molar-refractivity contribution in [3.05, 3.63) is 71.9 Å². The van der Waals surface area contributed by atoms with E-state index >= 15 is 0 Å². The van der Waals surface area contributed by atoms with Gasteiger partial charge in [-0.15, -0.1) is 0 Å². The van der Waals surface area contributed by atoms with Gasteiger partial charge in [0.05, 0.1) is 25.3 Å². The fraction of sp³-hybridized carbons (Fsp3) is 0.273. The first kappa shape index (κ1) is 19.6. The number of ether oxygens (including phenoxy) is 1. The molecule has 28 heavy (non-hydrogen) atoms. The summed E-state index contributed by atoms with van der Waals surface area (Å²) in [6.45, 7) is 3.63. The van der Waals surface area contributed by atoms with Gasteiger partial charge in [-0.25, -0.2) is 4.99 Å². The van der Waals surface area contributed by atoms with Crippen LogP contribution in [0.1, 0.15) is 24.2 Å². The minimum atomic E-state index is -0.642. The number of benzene rings is 2. The number of rotatable bonds is 7. The Bertz CT molecular complexity index is 920. The van der Waals surface area contributed by atoms with Crippen LogP contribution < -0.4 is 15.4 Å². The van der Waals surface area contributed by atoms with E-state index in [1.807, 2.05) is 55.5 Å². The number of nitrogens with one attached hydrogen (secondary N) is 2. The molecule has 0 saturated heterocycles. The molecular weight excluding hydrogens is 352 g/mol. The number of para-hydroxylation sites is 1. The second-order valence-corrected chi connectivity index (χ2v) is 6.35. The highest BCUT2D eigenvalue weighted by Crippen LogP contribution is 2.18. The van der Waals surface area contributed by atoms with Crippen molar-refractivity contribution in [2.24, 2.45) is 4.99 Å². The summed E-state index contributed by atoms with van der Waals surface area (Å²) in [6.07, 6.45) is 1.16. The van der Waals surface area contributed by atoms with Crippen molar-refractivity contribution in [1.29, 1.82) is 0 Å². The van der Waals surface area contributed by atoms with Crippen LogP contribution in [0.15, 0.2) is 65.8 Å². The average molecular weight is 378 g/mol. The molecule has 1 atom stereocenters. The molecule has 0 spiro atoms. The van der Waals surface area contributed by atoms with Gasteiger partial charge in [-0.1, -0.05) is 30.3 Å². The summed E-state index contributed by atoms with van der Waals surface area (Å²) in [6, 6.07) is 17.4. The maximum Gasteiger partial charge on any atom is 0.191 e. The summed E-state index contributed by atoms with van der Waals surface area (Å²) in [7, 11) is 1.62. The third-order valence-corrected chi connectivity index (χ3v) is 4.45. The van der Waals surface area contributed by atoms with Crippen LogP contribution in [0.4, 0.5) is 0 Å². The van der Waals surface area contributed by atoms with E-state index < -0.39 is 6.10 Å². The Hall–Kier alpha value is -3.12. The number of aliphatic hydroxyl groups is 1. The lowest BCUT2D eigenvalue weighted by molar-refractivity contribution is 0.180. The van der Waals surface area contributed by atoms with Crippen molar-refractivity contribution in [1.82, 2.24) is 15.6 Å². The molecule has 1 unspecified atom stereocenters. The lowest BCUT2D eigenvalue weighted by Crippen LogP contribution is -2.39. The van der Waals surface area contributed by atoms with E-state index in [4.69, 9.17) is 4.74 Å². The van der Waals surface area contributed by atoms with Gasteiger partial charge < -0.3 is 20.5 Å². The molecule has 1 aromatic heterocycles. The van der Waals surface area contributed by atoms with Crippen molar-refractivity contribution in [2.75, 3.05) is 20.2 Å². The van der Waals surface area contributed by atoms with Gasteiger partial charge in [0.15, 0.2) is 5.96 Å². The zero-order valence-electron chi connectivity index (χ0n) is 16.2. The number of hydrogen-bond donors (Lipinski definition) is 3. The third kappa shape index (κ3) is 4.98. The normalized spacial score (nSPS) is 12.6. The predicted octanol–water partition coefficient (Wildman–Crippen LogP) is 3.03. The molecule has 0 amide bonds. The molecule has 2 aromatic carbocycles. The second kappa shape index (κ2) is 9.71. The predicted molar refractivity (Wildman–Crippen MR) is 113 cm³/mol. The van der Waals surface area contributed by atoms with Crippen molar-refractivity contribution in [3.63, 3.8) is 0 Å². The van der Waals surface area contributed by atoms with E-state index in [9.17, 15) is 5.11 Å². The van der Waals surface area contributed by atoms with Gasteiger partial charge in [0.1, 0.15) is 5.75 Å². The van der Waals surface area contributed by atoms with Crippen molar-refractivity contribution >= 4 is 16.9 Å².